The summed E-state index contributed by atoms with van der Waals surface area (Å²) in [6.07, 6.45) is 4.55. The molecule has 5 atom stereocenters. The van der Waals surface area contributed by atoms with Crippen LogP contribution in [0.5, 0.6) is 0 Å². The Morgan fingerprint density at radius 3 is 2.57 bits per heavy atom. The summed E-state index contributed by atoms with van der Waals surface area (Å²) in [5, 5.41) is 10.5. The summed E-state index contributed by atoms with van der Waals surface area (Å²) in [5.41, 5.74) is -1.22. The van der Waals surface area contributed by atoms with Gasteiger partial charge in [-0.05, 0) is 57.8 Å². The standard InChI is InChI=1S/C18H28O3/c1-6-15(19)18-13(9-11(2)3)10-12(4)14(18)7-8-17(5,21)16(18)20/h9,12-14,21H,6-8,10H2,1-5H3. The second-order valence-corrected chi connectivity index (χ2v) is 7.46. The molecule has 0 heterocycles. The minimum atomic E-state index is -1.36. The van der Waals surface area contributed by atoms with Crippen molar-refractivity contribution in [2.45, 2.75) is 65.9 Å². The van der Waals surface area contributed by atoms with Crippen LogP contribution in [-0.2, 0) is 9.59 Å². The van der Waals surface area contributed by atoms with Crippen molar-refractivity contribution in [1.82, 2.24) is 0 Å². The number of carbonyl (C=O) groups is 2. The molecule has 3 heteroatoms. The third kappa shape index (κ3) is 2.30. The van der Waals surface area contributed by atoms with Gasteiger partial charge in [0, 0.05) is 6.42 Å². The molecule has 0 spiro atoms. The molecule has 0 saturated heterocycles. The molecule has 0 aliphatic heterocycles. The molecule has 2 rings (SSSR count). The Hall–Kier alpha value is -0.960. The predicted octanol–water partition coefficient (Wildman–Crippen LogP) is 3.30. The molecular weight excluding hydrogens is 264 g/mol. The average Bonchev–Trinajstić information content (AvgIpc) is 2.66. The van der Waals surface area contributed by atoms with E-state index in [9.17, 15) is 14.7 Å². The molecule has 0 aromatic carbocycles. The van der Waals surface area contributed by atoms with Gasteiger partial charge in [-0.3, -0.25) is 9.59 Å². The highest BCUT2D eigenvalue weighted by Crippen LogP contribution is 2.59. The van der Waals surface area contributed by atoms with Crippen molar-refractivity contribution < 1.29 is 14.7 Å². The molecule has 0 bridgehead atoms. The Kier molecular flexibility index (Phi) is 4.18. The smallest absolute Gasteiger partial charge is 0.178 e. The minimum Gasteiger partial charge on any atom is -0.382 e. The third-order valence-corrected chi connectivity index (χ3v) is 5.61. The van der Waals surface area contributed by atoms with Crippen LogP contribution in [0.4, 0.5) is 0 Å². The Morgan fingerprint density at radius 1 is 1.43 bits per heavy atom. The summed E-state index contributed by atoms with van der Waals surface area (Å²) in [6, 6.07) is 0. The molecule has 118 valence electrons. The quantitative estimate of drug-likeness (QED) is 0.641. The van der Waals surface area contributed by atoms with E-state index in [0.717, 1.165) is 18.4 Å². The van der Waals surface area contributed by atoms with Gasteiger partial charge in [0.15, 0.2) is 5.78 Å². The maximum atomic E-state index is 13.1. The summed E-state index contributed by atoms with van der Waals surface area (Å²) in [5.74, 6) is 0.155. The van der Waals surface area contributed by atoms with E-state index < -0.39 is 11.0 Å². The Balaban J connectivity index is 2.63. The summed E-state index contributed by atoms with van der Waals surface area (Å²) in [6.45, 7) is 9.57. The van der Waals surface area contributed by atoms with E-state index in [1.807, 2.05) is 20.8 Å². The van der Waals surface area contributed by atoms with Crippen LogP contribution in [0.3, 0.4) is 0 Å². The van der Waals surface area contributed by atoms with Crippen LogP contribution in [0.1, 0.15) is 60.3 Å². The van der Waals surface area contributed by atoms with Gasteiger partial charge in [0.25, 0.3) is 0 Å². The van der Waals surface area contributed by atoms with Crippen molar-refractivity contribution in [1.29, 1.82) is 0 Å². The number of ketones is 2. The van der Waals surface area contributed by atoms with Crippen molar-refractivity contribution in [3.05, 3.63) is 11.6 Å². The number of allylic oxidation sites excluding steroid dienone is 2. The van der Waals surface area contributed by atoms with E-state index in [2.05, 4.69) is 13.0 Å². The van der Waals surface area contributed by atoms with Crippen LogP contribution in [0, 0.1) is 23.2 Å². The Labute approximate surface area is 127 Å². The number of aliphatic hydroxyl groups is 1. The van der Waals surface area contributed by atoms with E-state index in [1.165, 1.54) is 0 Å². The topological polar surface area (TPSA) is 54.4 Å². The predicted molar refractivity (Wildman–Crippen MR) is 82.8 cm³/mol. The Bertz CT molecular complexity index is 485. The fourth-order valence-corrected chi connectivity index (χ4v) is 4.75. The average molecular weight is 292 g/mol. The van der Waals surface area contributed by atoms with Crippen molar-refractivity contribution in [2.24, 2.45) is 23.2 Å². The first-order valence-corrected chi connectivity index (χ1v) is 8.13. The lowest BCUT2D eigenvalue weighted by Gasteiger charge is -2.46. The first-order valence-electron chi connectivity index (χ1n) is 8.13. The lowest BCUT2D eigenvalue weighted by molar-refractivity contribution is -0.165. The molecule has 5 unspecified atom stereocenters. The van der Waals surface area contributed by atoms with Crippen LogP contribution in [0.15, 0.2) is 11.6 Å². The SMILES string of the molecule is CCC(=O)C12C(=O)C(C)(O)CCC1C(C)CC2C=C(C)C. The minimum absolute atomic E-state index is 0.0179. The van der Waals surface area contributed by atoms with Crippen LogP contribution in [0.2, 0.25) is 0 Å². The van der Waals surface area contributed by atoms with Gasteiger partial charge in [0.05, 0.1) is 5.41 Å². The van der Waals surface area contributed by atoms with Crippen LogP contribution >= 0.6 is 0 Å². The molecule has 0 amide bonds. The van der Waals surface area contributed by atoms with Crippen LogP contribution in [0.25, 0.3) is 0 Å². The normalized spacial score (nSPS) is 42.6. The summed E-state index contributed by atoms with van der Waals surface area (Å²) >= 11 is 0. The lowest BCUT2D eigenvalue weighted by Crippen LogP contribution is -2.59. The number of carbonyl (C=O) groups excluding carboxylic acids is 2. The molecule has 3 nitrogen and oxygen atoms in total. The number of hydrogen-bond acceptors (Lipinski definition) is 3. The second-order valence-electron chi connectivity index (χ2n) is 7.46. The van der Waals surface area contributed by atoms with E-state index >= 15 is 0 Å². The monoisotopic (exact) mass is 292 g/mol. The zero-order chi connectivity index (χ0) is 16.0. The fraction of sp³-hybridized carbons (Fsp3) is 0.778. The zero-order valence-electron chi connectivity index (χ0n) is 13.9. The number of rotatable bonds is 3. The van der Waals surface area contributed by atoms with Gasteiger partial charge in [-0.25, -0.2) is 0 Å². The maximum absolute atomic E-state index is 13.1. The van der Waals surface area contributed by atoms with Gasteiger partial charge in [0.2, 0.25) is 0 Å². The fourth-order valence-electron chi connectivity index (χ4n) is 4.75. The molecule has 2 aliphatic rings. The molecule has 2 fully saturated rings. The molecule has 21 heavy (non-hydrogen) atoms. The van der Waals surface area contributed by atoms with Crippen LogP contribution < -0.4 is 0 Å². The Morgan fingerprint density at radius 2 is 2.05 bits per heavy atom. The van der Waals surface area contributed by atoms with Crippen molar-refractivity contribution in [3.8, 4) is 0 Å². The number of fused-ring (bicyclic) bond motifs is 1. The second kappa shape index (κ2) is 5.35. The lowest BCUT2D eigenvalue weighted by atomic mass is 9.55. The molecule has 1 N–H and O–H groups in total. The molecule has 0 aromatic heterocycles. The molecule has 2 aliphatic carbocycles. The van der Waals surface area contributed by atoms with Gasteiger partial charge in [-0.1, -0.05) is 25.5 Å². The van der Waals surface area contributed by atoms with E-state index in [4.69, 9.17) is 0 Å². The largest absolute Gasteiger partial charge is 0.382 e. The zero-order valence-corrected chi connectivity index (χ0v) is 13.9. The summed E-state index contributed by atoms with van der Waals surface area (Å²) in [4.78, 5) is 25.9. The van der Waals surface area contributed by atoms with E-state index in [-0.39, 0.29) is 23.4 Å². The summed E-state index contributed by atoms with van der Waals surface area (Å²) in [7, 11) is 0. The third-order valence-electron chi connectivity index (χ3n) is 5.61. The highest BCUT2D eigenvalue weighted by atomic mass is 16.3. The first kappa shape index (κ1) is 16.4. The number of hydrogen-bond donors (Lipinski definition) is 1. The van der Waals surface area contributed by atoms with Gasteiger partial charge in [-0.15, -0.1) is 0 Å². The number of Topliss-reactive ketones (excluding diaryl/α,β-unsaturated/α-hetero) is 2. The molecule has 0 radical (unpaired) electrons. The van der Waals surface area contributed by atoms with Gasteiger partial charge < -0.3 is 5.11 Å². The van der Waals surface area contributed by atoms with Crippen LogP contribution in [-0.4, -0.2) is 22.3 Å². The van der Waals surface area contributed by atoms with Gasteiger partial charge in [0.1, 0.15) is 11.4 Å². The summed E-state index contributed by atoms with van der Waals surface area (Å²) < 4.78 is 0. The molecule has 0 aromatic rings. The van der Waals surface area contributed by atoms with Gasteiger partial charge in [-0.2, -0.15) is 0 Å². The van der Waals surface area contributed by atoms with Crippen molar-refractivity contribution in [2.75, 3.05) is 0 Å². The highest BCUT2D eigenvalue weighted by molar-refractivity contribution is 6.12. The van der Waals surface area contributed by atoms with Gasteiger partial charge >= 0.3 is 0 Å². The first-order chi connectivity index (χ1) is 9.67. The van der Waals surface area contributed by atoms with Crippen molar-refractivity contribution in [3.63, 3.8) is 0 Å². The van der Waals surface area contributed by atoms with Crippen molar-refractivity contribution >= 4 is 11.6 Å². The molecule has 2 saturated carbocycles. The highest BCUT2D eigenvalue weighted by Gasteiger charge is 2.66. The molecular formula is C18H28O3. The van der Waals surface area contributed by atoms with E-state index in [1.54, 1.807) is 6.92 Å². The van der Waals surface area contributed by atoms with E-state index in [0.29, 0.717) is 18.8 Å². The maximum Gasteiger partial charge on any atom is 0.178 e.